The third-order valence-corrected chi connectivity index (χ3v) is 8.66. The number of quaternary nitrogens is 1. The summed E-state index contributed by atoms with van der Waals surface area (Å²) in [4.78, 5) is 47.7. The number of rotatable bonds is 12. The van der Waals surface area contributed by atoms with Gasteiger partial charge in [-0.15, -0.1) is 0 Å². The second-order valence-electron chi connectivity index (χ2n) is 10.7. The van der Waals surface area contributed by atoms with Gasteiger partial charge in [0.05, 0.1) is 18.1 Å². The summed E-state index contributed by atoms with van der Waals surface area (Å²) in [5.74, 6) is -0.850. The molecule has 1 aliphatic rings. The van der Waals surface area contributed by atoms with E-state index < -0.39 is 55.6 Å². The summed E-state index contributed by atoms with van der Waals surface area (Å²) in [6.45, 7) is 3.71. The molecule has 0 bridgehead atoms. The van der Waals surface area contributed by atoms with E-state index in [-0.39, 0.29) is 17.9 Å². The second kappa shape index (κ2) is 13.4. The number of nitrogens with one attached hydrogen (secondary N) is 1. The fourth-order valence-corrected chi connectivity index (χ4v) is 6.25. The highest BCUT2D eigenvalue weighted by Gasteiger charge is 2.59. The van der Waals surface area contributed by atoms with Gasteiger partial charge >= 0.3 is 12.0 Å². The van der Waals surface area contributed by atoms with Crippen molar-refractivity contribution in [3.05, 3.63) is 66.9 Å². The van der Waals surface area contributed by atoms with Crippen LogP contribution in [-0.2, 0) is 14.9 Å². The minimum absolute atomic E-state index is 0.0237. The Hall–Kier alpha value is -4.14. The van der Waals surface area contributed by atoms with E-state index in [1.807, 2.05) is 0 Å². The number of benzene rings is 1. The summed E-state index contributed by atoms with van der Waals surface area (Å²) in [6, 6.07) is 7.11. The monoisotopic (exact) mass is 614 g/mol. The van der Waals surface area contributed by atoms with Gasteiger partial charge in [-0.1, -0.05) is 44.7 Å². The maximum absolute atomic E-state index is 14.3. The number of carboxylic acid groups (broad SMARTS) is 1. The first-order valence-electron chi connectivity index (χ1n) is 14.1. The number of unbranched alkanes of at least 4 members (excludes halogenated alkanes) is 3. The van der Waals surface area contributed by atoms with Crippen LogP contribution < -0.4 is 10.1 Å². The molecule has 0 radical (unpaired) electrons. The fourth-order valence-electron chi connectivity index (χ4n) is 5.56. The Labute approximate surface area is 249 Å². The molecule has 14 heteroatoms. The molecule has 4 rings (SSSR count). The molecule has 3 heterocycles. The molecule has 0 spiro atoms. The van der Waals surface area contributed by atoms with E-state index in [1.54, 1.807) is 25.3 Å². The largest absolute Gasteiger partial charge is 0.521 e. The van der Waals surface area contributed by atoms with Gasteiger partial charge in [-0.25, -0.2) is 9.78 Å². The maximum Gasteiger partial charge on any atom is 0.521 e. The first-order valence-corrected chi connectivity index (χ1v) is 15.5. The summed E-state index contributed by atoms with van der Waals surface area (Å²) in [5, 5.41) is 13.0. The lowest BCUT2D eigenvalue weighted by Crippen LogP contribution is -2.61. The van der Waals surface area contributed by atoms with E-state index in [1.165, 1.54) is 41.5 Å². The highest BCUT2D eigenvalue weighted by molar-refractivity contribution is 7.86. The molecule has 43 heavy (non-hydrogen) atoms. The number of carbonyl (C=O) groups excluding carboxylic acids is 2. The highest BCUT2D eigenvalue weighted by Crippen LogP contribution is 2.35. The molecule has 1 aromatic carbocycles. The Balaban J connectivity index is 1.61. The van der Waals surface area contributed by atoms with Crippen molar-refractivity contribution in [1.82, 2.24) is 14.5 Å². The highest BCUT2D eigenvalue weighted by atomic mass is 32.2. The van der Waals surface area contributed by atoms with Crippen LogP contribution in [0.15, 0.2) is 66.2 Å². The van der Waals surface area contributed by atoms with Crippen molar-refractivity contribution in [2.24, 2.45) is 0 Å². The topological polar surface area (TPSA) is 178 Å². The van der Waals surface area contributed by atoms with Crippen LogP contribution in [0.2, 0.25) is 0 Å². The van der Waals surface area contributed by atoms with E-state index in [4.69, 9.17) is 4.74 Å². The molecule has 1 unspecified atom stereocenters. The van der Waals surface area contributed by atoms with Crippen molar-refractivity contribution < 1.29 is 41.7 Å². The molecule has 1 aliphatic heterocycles. The zero-order chi connectivity index (χ0) is 31.2. The number of hydrogen-bond donors (Lipinski definition) is 3. The lowest BCUT2D eigenvalue weighted by atomic mass is 10.0. The average Bonchev–Trinajstić information content (AvgIpc) is 3.57. The number of pyridine rings is 1. The third-order valence-electron chi connectivity index (χ3n) is 7.75. The zero-order valence-corrected chi connectivity index (χ0v) is 24.8. The zero-order valence-electron chi connectivity index (χ0n) is 24.0. The number of nitrogens with zero attached hydrogens (tertiary/aromatic N) is 4. The maximum atomic E-state index is 14.3. The van der Waals surface area contributed by atoms with Gasteiger partial charge in [-0.3, -0.25) is 14.3 Å². The number of imide groups is 1. The molecule has 2 aromatic heterocycles. The van der Waals surface area contributed by atoms with Gasteiger partial charge in [0.15, 0.2) is 11.9 Å². The van der Waals surface area contributed by atoms with Crippen molar-refractivity contribution >= 4 is 33.8 Å². The summed E-state index contributed by atoms with van der Waals surface area (Å²) in [5.41, 5.74) is -0.285. The van der Waals surface area contributed by atoms with E-state index in [0.717, 1.165) is 25.3 Å². The van der Waals surface area contributed by atoms with Crippen LogP contribution in [0.25, 0.3) is 0 Å². The number of imidazole rings is 1. The van der Waals surface area contributed by atoms with Crippen LogP contribution >= 0.6 is 0 Å². The third kappa shape index (κ3) is 7.09. The van der Waals surface area contributed by atoms with E-state index in [0.29, 0.717) is 25.0 Å². The quantitative estimate of drug-likeness (QED) is 0.149. The first-order chi connectivity index (χ1) is 20.5. The van der Waals surface area contributed by atoms with Gasteiger partial charge in [0.2, 0.25) is 0 Å². The van der Waals surface area contributed by atoms with Gasteiger partial charge in [-0.2, -0.15) is 17.7 Å². The number of ether oxygens (including phenoxy) is 1. The van der Waals surface area contributed by atoms with E-state index in [9.17, 15) is 32.5 Å². The molecule has 3 aromatic rings. The Morgan fingerprint density at radius 3 is 2.60 bits per heavy atom. The molecule has 13 nitrogen and oxygen atoms in total. The average molecular weight is 615 g/mol. The van der Waals surface area contributed by atoms with Gasteiger partial charge < -0.3 is 19.7 Å². The van der Waals surface area contributed by atoms with Gasteiger partial charge in [-0.05, 0) is 37.6 Å². The number of likely N-dealkylation sites (tertiary alicyclic amines) is 1. The Morgan fingerprint density at radius 2 is 1.93 bits per heavy atom. The second-order valence-corrected chi connectivity index (χ2v) is 12.1. The van der Waals surface area contributed by atoms with Gasteiger partial charge in [0.1, 0.15) is 29.3 Å². The lowest BCUT2D eigenvalue weighted by molar-refractivity contribution is -0.795. The normalized spacial score (nSPS) is 20.8. The fraction of sp³-hybridized carbons (Fsp3) is 0.414. The number of amides is 3. The molecule has 3 amide bonds. The van der Waals surface area contributed by atoms with Crippen LogP contribution in [0.5, 0.6) is 5.75 Å². The summed E-state index contributed by atoms with van der Waals surface area (Å²) >= 11 is 0. The molecule has 230 valence electrons. The number of hydrogen-bond acceptors (Lipinski definition) is 8. The number of anilines is 1. The van der Waals surface area contributed by atoms with Gasteiger partial charge in [0.25, 0.3) is 16.0 Å². The van der Waals surface area contributed by atoms with Crippen molar-refractivity contribution in [2.75, 3.05) is 11.9 Å². The molecule has 0 saturated carbocycles. The molecule has 4 atom stereocenters. The molecular weight excluding hydrogens is 578 g/mol. The van der Waals surface area contributed by atoms with Crippen molar-refractivity contribution in [3.63, 3.8) is 0 Å². The molecule has 1 saturated heterocycles. The first kappa shape index (κ1) is 31.8. The summed E-state index contributed by atoms with van der Waals surface area (Å²) in [6.07, 6.45) is 8.22. The van der Waals surface area contributed by atoms with Crippen LogP contribution in [0.3, 0.4) is 0 Å². The van der Waals surface area contributed by atoms with Crippen molar-refractivity contribution in [1.29, 1.82) is 0 Å². The van der Waals surface area contributed by atoms with Crippen LogP contribution in [0, 0.1) is 0 Å². The predicted octanol–water partition coefficient (Wildman–Crippen LogP) is 4.55. The smallest absolute Gasteiger partial charge is 0.483 e. The van der Waals surface area contributed by atoms with E-state index >= 15 is 0 Å². The number of aromatic nitrogens is 3. The summed E-state index contributed by atoms with van der Waals surface area (Å²) < 4.78 is 39.7. The Bertz CT molecular complexity index is 1560. The standard InChI is InChI=1S/C29H35N5O8S/c1-3-4-5-6-12-24(28(36)34(29(37)38)18-22(15-20(34)2)42-21-10-9-14-30-16-21)33-17-26(31-19-33)32-27(35)23-11-7-8-13-25(23)43(39,40)41/h7-11,13-14,16-17,19-20,22,24H,3-6,12,15,18H2,1-2H3,(H2-,32,35,37,38,39,40,41)/p+1/t20-,22-,24?,34-/m1/s1. The van der Waals surface area contributed by atoms with Gasteiger partial charge in [0, 0.05) is 18.8 Å². The Kier molecular flexibility index (Phi) is 9.94. The van der Waals surface area contributed by atoms with Crippen molar-refractivity contribution in [3.8, 4) is 5.75 Å². The molecule has 3 N–H and O–H groups in total. The van der Waals surface area contributed by atoms with Crippen LogP contribution in [0.1, 0.15) is 68.8 Å². The minimum atomic E-state index is -4.66. The van der Waals surface area contributed by atoms with Crippen molar-refractivity contribution in [2.45, 2.75) is 75.5 Å². The van der Waals surface area contributed by atoms with E-state index in [2.05, 4.69) is 22.2 Å². The summed E-state index contributed by atoms with van der Waals surface area (Å²) in [7, 11) is -4.66. The predicted molar refractivity (Wildman–Crippen MR) is 155 cm³/mol. The Morgan fingerprint density at radius 1 is 1.16 bits per heavy atom. The molecular formula is C29H36N5O8S+. The molecule has 1 fully saturated rings. The van der Waals surface area contributed by atoms with Crippen LogP contribution in [-0.4, -0.2) is 73.7 Å². The SMILES string of the molecule is CCCCCCC(C(=O)[N@@+]1(C(=O)O)C[C@H](Oc2cccnc2)C[C@H]1C)n1cnc(NC(=O)c2ccccc2S(=O)(=O)O)c1. The minimum Gasteiger partial charge on any atom is -0.483 e. The van der Waals surface area contributed by atoms with Crippen LogP contribution in [0.4, 0.5) is 10.6 Å². The lowest BCUT2D eigenvalue weighted by Gasteiger charge is -2.33. The molecule has 0 aliphatic carbocycles. The number of carbonyl (C=O) groups is 3.